The van der Waals surface area contributed by atoms with Gasteiger partial charge in [-0.25, -0.2) is 0 Å². The fourth-order valence-corrected chi connectivity index (χ4v) is 1.93. The summed E-state index contributed by atoms with van der Waals surface area (Å²) < 4.78 is 7.22. The fraction of sp³-hybridized carbons (Fsp3) is 0.200. The molecular formula is C15H15N5O2. The minimum atomic E-state index is -0.0880. The lowest BCUT2D eigenvalue weighted by molar-refractivity contribution is -0.121. The Morgan fingerprint density at radius 1 is 1.18 bits per heavy atom. The number of aryl methyl sites for hydroxylation is 1. The molecule has 2 aromatic heterocycles. The van der Waals surface area contributed by atoms with Gasteiger partial charge in [-0.2, -0.15) is 5.10 Å². The quantitative estimate of drug-likeness (QED) is 0.747. The van der Waals surface area contributed by atoms with Crippen LogP contribution in [0.4, 0.5) is 0 Å². The van der Waals surface area contributed by atoms with Crippen LogP contribution in [0.5, 0.6) is 0 Å². The summed E-state index contributed by atoms with van der Waals surface area (Å²) in [5.74, 6) is 0.739. The first-order valence-electron chi connectivity index (χ1n) is 6.93. The van der Waals surface area contributed by atoms with Gasteiger partial charge in [0.25, 0.3) is 0 Å². The number of hydrogen-bond acceptors (Lipinski definition) is 5. The monoisotopic (exact) mass is 297 g/mol. The number of nitrogens with one attached hydrogen (secondary N) is 1. The molecule has 22 heavy (non-hydrogen) atoms. The molecule has 7 nitrogen and oxygen atoms in total. The highest BCUT2D eigenvalue weighted by Gasteiger charge is 2.09. The average molecular weight is 297 g/mol. The second kappa shape index (κ2) is 6.66. The van der Waals surface area contributed by atoms with Crippen LogP contribution >= 0.6 is 0 Å². The molecule has 1 aromatic carbocycles. The molecule has 1 amide bonds. The molecule has 2 heterocycles. The summed E-state index contributed by atoms with van der Waals surface area (Å²) >= 11 is 0. The zero-order valence-corrected chi connectivity index (χ0v) is 11.8. The molecule has 0 saturated heterocycles. The molecule has 0 bridgehead atoms. The third-order valence-corrected chi connectivity index (χ3v) is 3.05. The van der Waals surface area contributed by atoms with Crippen molar-refractivity contribution < 1.29 is 9.21 Å². The largest absolute Gasteiger partial charge is 0.419 e. The summed E-state index contributed by atoms with van der Waals surface area (Å²) in [5, 5.41) is 14.7. The predicted molar refractivity (Wildman–Crippen MR) is 78.4 cm³/mol. The van der Waals surface area contributed by atoms with Gasteiger partial charge >= 0.3 is 0 Å². The van der Waals surface area contributed by atoms with Crippen molar-refractivity contribution >= 4 is 5.91 Å². The molecule has 0 unspecified atom stereocenters. The number of nitrogens with zero attached hydrogens (tertiary/aromatic N) is 4. The Balaban J connectivity index is 1.49. The molecule has 0 saturated carbocycles. The zero-order valence-electron chi connectivity index (χ0n) is 11.8. The summed E-state index contributed by atoms with van der Waals surface area (Å²) in [6.07, 6.45) is 3.85. The molecule has 0 radical (unpaired) electrons. The Kier molecular flexibility index (Phi) is 4.24. The van der Waals surface area contributed by atoms with Gasteiger partial charge in [-0.1, -0.05) is 18.2 Å². The molecule has 7 heteroatoms. The molecule has 1 N–H and O–H groups in total. The molecule has 0 fully saturated rings. The third kappa shape index (κ3) is 3.57. The molecule has 0 aliphatic carbocycles. The van der Waals surface area contributed by atoms with Gasteiger partial charge in [0.2, 0.25) is 17.7 Å². The van der Waals surface area contributed by atoms with Crippen LogP contribution in [0.2, 0.25) is 0 Å². The zero-order chi connectivity index (χ0) is 15.2. The molecule has 0 atom stereocenters. The SMILES string of the molecule is O=C(CCn1cccn1)NCc1nnc(-c2ccccc2)o1. The number of hydrogen-bond donors (Lipinski definition) is 1. The van der Waals surface area contributed by atoms with Crippen molar-refractivity contribution in [2.45, 2.75) is 19.5 Å². The lowest BCUT2D eigenvalue weighted by atomic mass is 10.2. The normalized spacial score (nSPS) is 10.5. The summed E-state index contributed by atoms with van der Waals surface area (Å²) in [4.78, 5) is 11.7. The van der Waals surface area contributed by atoms with Crippen LogP contribution < -0.4 is 5.32 Å². The van der Waals surface area contributed by atoms with Crippen molar-refractivity contribution in [2.24, 2.45) is 0 Å². The first-order chi connectivity index (χ1) is 10.8. The smallest absolute Gasteiger partial charge is 0.247 e. The van der Waals surface area contributed by atoms with Gasteiger partial charge in [0.15, 0.2) is 0 Å². The van der Waals surface area contributed by atoms with Gasteiger partial charge in [-0.05, 0) is 18.2 Å². The molecule has 0 aliphatic heterocycles. The number of carbonyl (C=O) groups excluding carboxylic acids is 1. The Morgan fingerprint density at radius 2 is 2.05 bits per heavy atom. The van der Waals surface area contributed by atoms with Crippen molar-refractivity contribution in [1.29, 1.82) is 0 Å². The molecular weight excluding hydrogens is 282 g/mol. The maximum absolute atomic E-state index is 11.7. The van der Waals surface area contributed by atoms with E-state index in [0.29, 0.717) is 24.7 Å². The van der Waals surface area contributed by atoms with E-state index in [4.69, 9.17) is 4.42 Å². The van der Waals surface area contributed by atoms with Crippen LogP contribution in [0.1, 0.15) is 12.3 Å². The standard InChI is InChI=1S/C15H15N5O2/c21-13(7-10-20-9-4-8-17-20)16-11-14-18-19-15(22-14)12-5-2-1-3-6-12/h1-6,8-9H,7,10-11H2,(H,16,21). The summed E-state index contributed by atoms with van der Waals surface area (Å²) in [6, 6.07) is 11.3. The van der Waals surface area contributed by atoms with Crippen LogP contribution in [0, 0.1) is 0 Å². The summed E-state index contributed by atoms with van der Waals surface area (Å²) in [5.41, 5.74) is 0.853. The highest BCUT2D eigenvalue weighted by atomic mass is 16.4. The first-order valence-corrected chi connectivity index (χ1v) is 6.93. The van der Waals surface area contributed by atoms with Crippen LogP contribution in [0.3, 0.4) is 0 Å². The summed E-state index contributed by atoms with van der Waals surface area (Å²) in [7, 11) is 0. The third-order valence-electron chi connectivity index (χ3n) is 3.05. The van der Waals surface area contributed by atoms with Crippen LogP contribution in [-0.4, -0.2) is 25.9 Å². The maximum atomic E-state index is 11.7. The van der Waals surface area contributed by atoms with E-state index < -0.39 is 0 Å². The van der Waals surface area contributed by atoms with E-state index in [1.165, 1.54) is 0 Å². The predicted octanol–water partition coefficient (Wildman–Crippen LogP) is 1.64. The second-order valence-corrected chi connectivity index (χ2v) is 4.66. The van der Waals surface area contributed by atoms with Gasteiger partial charge < -0.3 is 9.73 Å². The van der Waals surface area contributed by atoms with E-state index in [1.807, 2.05) is 42.6 Å². The molecule has 0 aliphatic rings. The molecule has 112 valence electrons. The fourth-order valence-electron chi connectivity index (χ4n) is 1.93. The lowest BCUT2D eigenvalue weighted by Crippen LogP contribution is -2.24. The van der Waals surface area contributed by atoms with Crippen molar-refractivity contribution in [2.75, 3.05) is 0 Å². The van der Waals surface area contributed by atoms with Crippen molar-refractivity contribution in [3.05, 3.63) is 54.7 Å². The maximum Gasteiger partial charge on any atom is 0.247 e. The van der Waals surface area contributed by atoms with Crippen molar-refractivity contribution in [1.82, 2.24) is 25.3 Å². The Bertz CT molecular complexity index is 721. The van der Waals surface area contributed by atoms with Crippen molar-refractivity contribution in [3.63, 3.8) is 0 Å². The van der Waals surface area contributed by atoms with E-state index >= 15 is 0 Å². The van der Waals surface area contributed by atoms with Crippen LogP contribution in [0.25, 0.3) is 11.5 Å². The van der Waals surface area contributed by atoms with Crippen LogP contribution in [-0.2, 0) is 17.9 Å². The number of benzene rings is 1. The van der Waals surface area contributed by atoms with Gasteiger partial charge in [0.05, 0.1) is 6.54 Å². The van der Waals surface area contributed by atoms with E-state index in [2.05, 4.69) is 20.6 Å². The van der Waals surface area contributed by atoms with E-state index in [-0.39, 0.29) is 12.5 Å². The molecule has 3 rings (SSSR count). The Morgan fingerprint density at radius 3 is 2.82 bits per heavy atom. The van der Waals surface area contributed by atoms with Gasteiger partial charge in [-0.15, -0.1) is 10.2 Å². The highest BCUT2D eigenvalue weighted by Crippen LogP contribution is 2.16. The lowest BCUT2D eigenvalue weighted by Gasteiger charge is -2.02. The molecule has 0 spiro atoms. The number of carbonyl (C=O) groups is 1. The minimum absolute atomic E-state index is 0.0880. The van der Waals surface area contributed by atoms with Crippen molar-refractivity contribution in [3.8, 4) is 11.5 Å². The first kappa shape index (κ1) is 14.0. The minimum Gasteiger partial charge on any atom is -0.419 e. The van der Waals surface area contributed by atoms with E-state index in [1.54, 1.807) is 10.9 Å². The van der Waals surface area contributed by atoms with Gasteiger partial charge in [0, 0.05) is 30.9 Å². The summed E-state index contributed by atoms with van der Waals surface area (Å²) in [6.45, 7) is 0.760. The molecule has 3 aromatic rings. The number of rotatable bonds is 6. The van der Waals surface area contributed by atoms with Crippen LogP contribution in [0.15, 0.2) is 53.2 Å². The highest BCUT2D eigenvalue weighted by molar-refractivity contribution is 5.75. The second-order valence-electron chi connectivity index (χ2n) is 4.66. The van der Waals surface area contributed by atoms with Gasteiger partial charge in [-0.3, -0.25) is 9.48 Å². The number of aromatic nitrogens is 4. The van der Waals surface area contributed by atoms with E-state index in [0.717, 1.165) is 5.56 Å². The number of amides is 1. The van der Waals surface area contributed by atoms with Gasteiger partial charge in [0.1, 0.15) is 0 Å². The van der Waals surface area contributed by atoms with E-state index in [9.17, 15) is 4.79 Å². The topological polar surface area (TPSA) is 85.8 Å². The Hall–Kier alpha value is -2.96. The average Bonchev–Trinajstić information content (AvgIpc) is 3.23. The Labute approximate surface area is 127 Å².